The third kappa shape index (κ3) is 4.10. The maximum atomic E-state index is 12.6. The van der Waals surface area contributed by atoms with Gasteiger partial charge in [-0.2, -0.15) is 0 Å². The summed E-state index contributed by atoms with van der Waals surface area (Å²) in [7, 11) is 0. The molecule has 132 valence electrons. The lowest BCUT2D eigenvalue weighted by Gasteiger charge is -2.24. The van der Waals surface area contributed by atoms with Crippen LogP contribution in [0.2, 0.25) is 0 Å². The van der Waals surface area contributed by atoms with Crippen LogP contribution < -0.4 is 15.4 Å². The Kier molecular flexibility index (Phi) is 5.44. The number of fused-ring (bicyclic) bond motifs is 1. The van der Waals surface area contributed by atoms with Crippen molar-refractivity contribution in [1.82, 2.24) is 10.6 Å². The zero-order valence-corrected chi connectivity index (χ0v) is 15.0. The largest absolute Gasteiger partial charge is 0.491 e. The lowest BCUT2D eigenvalue weighted by atomic mass is 9.85. The Morgan fingerprint density at radius 3 is 2.79 bits per heavy atom. The topological polar surface area (TPSA) is 50.4 Å². The van der Waals surface area contributed by atoms with E-state index in [0.717, 1.165) is 17.7 Å². The van der Waals surface area contributed by atoms with Crippen molar-refractivity contribution in [2.75, 3.05) is 0 Å². The van der Waals surface area contributed by atoms with E-state index in [1.54, 1.807) is 0 Å². The molecule has 2 aliphatic rings. The normalized spacial score (nSPS) is 27.6. The van der Waals surface area contributed by atoms with Gasteiger partial charge in [0.2, 0.25) is 5.91 Å². The van der Waals surface area contributed by atoms with Gasteiger partial charge >= 0.3 is 0 Å². The Morgan fingerprint density at radius 2 is 2.04 bits per heavy atom. The molecule has 2 fully saturated rings. The molecule has 4 unspecified atom stereocenters. The molecular formula is C20H30N2O2. The summed E-state index contributed by atoms with van der Waals surface area (Å²) >= 11 is 0. The monoisotopic (exact) mass is 330 g/mol. The number of carbonyl (C=O) groups excluding carboxylic acids is 1. The predicted octanol–water partition coefficient (Wildman–Crippen LogP) is 3.57. The van der Waals surface area contributed by atoms with Gasteiger partial charge in [-0.25, -0.2) is 0 Å². The molecule has 1 aliphatic carbocycles. The average Bonchev–Trinajstić information content (AvgIpc) is 2.98. The summed E-state index contributed by atoms with van der Waals surface area (Å²) in [5, 5.41) is 6.72. The van der Waals surface area contributed by atoms with E-state index in [2.05, 4.69) is 10.6 Å². The third-order valence-corrected chi connectivity index (χ3v) is 5.27. The predicted molar refractivity (Wildman–Crippen MR) is 96.1 cm³/mol. The van der Waals surface area contributed by atoms with Crippen molar-refractivity contribution < 1.29 is 9.53 Å². The number of rotatable bonds is 5. The van der Waals surface area contributed by atoms with Crippen molar-refractivity contribution in [1.29, 1.82) is 0 Å². The molecule has 0 aromatic heterocycles. The van der Waals surface area contributed by atoms with Gasteiger partial charge in [-0.3, -0.25) is 4.79 Å². The fourth-order valence-corrected chi connectivity index (χ4v) is 4.05. The Morgan fingerprint density at radius 1 is 1.25 bits per heavy atom. The van der Waals surface area contributed by atoms with Crippen LogP contribution in [-0.2, 0) is 4.79 Å². The van der Waals surface area contributed by atoms with Crippen LogP contribution in [0, 0.1) is 5.92 Å². The van der Waals surface area contributed by atoms with Gasteiger partial charge in [-0.15, -0.1) is 0 Å². The summed E-state index contributed by atoms with van der Waals surface area (Å²) in [6.45, 7) is 6.07. The molecule has 3 rings (SSSR count). The van der Waals surface area contributed by atoms with E-state index >= 15 is 0 Å². The van der Waals surface area contributed by atoms with Gasteiger partial charge < -0.3 is 15.4 Å². The van der Waals surface area contributed by atoms with E-state index in [1.165, 1.54) is 25.7 Å². The minimum Gasteiger partial charge on any atom is -0.491 e. The van der Waals surface area contributed by atoms with Gasteiger partial charge in [0, 0.05) is 6.04 Å². The molecule has 4 atom stereocenters. The van der Waals surface area contributed by atoms with E-state index in [0.29, 0.717) is 12.0 Å². The molecule has 0 radical (unpaired) electrons. The van der Waals surface area contributed by atoms with E-state index < -0.39 is 0 Å². The maximum Gasteiger partial charge on any atom is 0.237 e. The molecule has 1 aliphatic heterocycles. The fraction of sp³-hybridized carbons (Fsp3) is 0.650. The molecular weight excluding hydrogens is 300 g/mol. The van der Waals surface area contributed by atoms with Crippen LogP contribution >= 0.6 is 0 Å². The highest BCUT2D eigenvalue weighted by Crippen LogP contribution is 2.33. The molecule has 1 saturated carbocycles. The summed E-state index contributed by atoms with van der Waals surface area (Å²) in [5.74, 6) is 1.67. The Bertz CT molecular complexity index is 559. The molecule has 24 heavy (non-hydrogen) atoms. The molecule has 1 saturated heterocycles. The van der Waals surface area contributed by atoms with Gasteiger partial charge in [0.1, 0.15) is 5.75 Å². The van der Waals surface area contributed by atoms with Crippen LogP contribution in [0.5, 0.6) is 5.75 Å². The average molecular weight is 330 g/mol. The SMILES string of the molecule is CC(C)Oc1cccc(C(C)NC(=O)C2CC3CCCCC3N2)c1. The van der Waals surface area contributed by atoms with Gasteiger partial charge in [0.15, 0.2) is 0 Å². The fourth-order valence-electron chi connectivity index (χ4n) is 4.05. The summed E-state index contributed by atoms with van der Waals surface area (Å²) in [5.41, 5.74) is 1.08. The molecule has 0 bridgehead atoms. The highest BCUT2D eigenvalue weighted by Gasteiger charge is 2.38. The number of benzene rings is 1. The zero-order chi connectivity index (χ0) is 17.1. The van der Waals surface area contributed by atoms with E-state index in [9.17, 15) is 4.79 Å². The van der Waals surface area contributed by atoms with Gasteiger partial charge in [0.05, 0.1) is 18.2 Å². The first-order chi connectivity index (χ1) is 11.5. The Hall–Kier alpha value is -1.55. The number of carbonyl (C=O) groups is 1. The van der Waals surface area contributed by atoms with Crippen molar-refractivity contribution in [2.24, 2.45) is 5.92 Å². The zero-order valence-electron chi connectivity index (χ0n) is 15.0. The Balaban J connectivity index is 1.58. The molecule has 1 amide bonds. The number of ether oxygens (including phenoxy) is 1. The van der Waals surface area contributed by atoms with Crippen LogP contribution in [0.3, 0.4) is 0 Å². The van der Waals surface area contributed by atoms with Crippen molar-refractivity contribution in [3.63, 3.8) is 0 Å². The maximum absolute atomic E-state index is 12.6. The lowest BCUT2D eigenvalue weighted by molar-refractivity contribution is -0.123. The van der Waals surface area contributed by atoms with Gasteiger partial charge in [0.25, 0.3) is 0 Å². The molecule has 4 nitrogen and oxygen atoms in total. The van der Waals surface area contributed by atoms with Crippen molar-refractivity contribution >= 4 is 5.91 Å². The quantitative estimate of drug-likeness (QED) is 0.868. The summed E-state index contributed by atoms with van der Waals surface area (Å²) in [6.07, 6.45) is 6.23. The van der Waals surface area contributed by atoms with Crippen LogP contribution in [0.25, 0.3) is 0 Å². The first kappa shape index (κ1) is 17.3. The smallest absolute Gasteiger partial charge is 0.237 e. The number of hydrogen-bond acceptors (Lipinski definition) is 3. The Labute approximate surface area is 145 Å². The van der Waals surface area contributed by atoms with Gasteiger partial charge in [-0.05, 0) is 63.6 Å². The van der Waals surface area contributed by atoms with E-state index in [-0.39, 0.29) is 24.1 Å². The van der Waals surface area contributed by atoms with Gasteiger partial charge in [-0.1, -0.05) is 25.0 Å². The van der Waals surface area contributed by atoms with E-state index in [4.69, 9.17) is 4.74 Å². The van der Waals surface area contributed by atoms with Crippen LogP contribution in [-0.4, -0.2) is 24.1 Å². The van der Waals surface area contributed by atoms with Crippen LogP contribution in [0.4, 0.5) is 0 Å². The number of nitrogens with one attached hydrogen (secondary N) is 2. The first-order valence-electron chi connectivity index (χ1n) is 9.36. The minimum atomic E-state index is -0.0318. The molecule has 0 spiro atoms. The summed E-state index contributed by atoms with van der Waals surface area (Å²) in [4.78, 5) is 12.6. The summed E-state index contributed by atoms with van der Waals surface area (Å²) in [6, 6.07) is 8.51. The first-order valence-corrected chi connectivity index (χ1v) is 9.36. The highest BCUT2D eigenvalue weighted by atomic mass is 16.5. The number of amides is 1. The molecule has 1 aromatic carbocycles. The van der Waals surface area contributed by atoms with Crippen molar-refractivity contribution in [3.05, 3.63) is 29.8 Å². The minimum absolute atomic E-state index is 0.0161. The second-order valence-electron chi connectivity index (χ2n) is 7.58. The molecule has 2 N–H and O–H groups in total. The third-order valence-electron chi connectivity index (χ3n) is 5.27. The highest BCUT2D eigenvalue weighted by molar-refractivity contribution is 5.82. The summed E-state index contributed by atoms with van der Waals surface area (Å²) < 4.78 is 5.75. The molecule has 1 heterocycles. The van der Waals surface area contributed by atoms with E-state index in [1.807, 2.05) is 45.0 Å². The number of hydrogen-bond donors (Lipinski definition) is 2. The van der Waals surface area contributed by atoms with Crippen molar-refractivity contribution in [3.8, 4) is 5.75 Å². The molecule has 1 aromatic rings. The van der Waals surface area contributed by atoms with Crippen LogP contribution in [0.1, 0.15) is 64.5 Å². The lowest BCUT2D eigenvalue weighted by Crippen LogP contribution is -2.43. The van der Waals surface area contributed by atoms with Crippen molar-refractivity contribution in [2.45, 2.75) is 77.1 Å². The second kappa shape index (κ2) is 7.56. The standard InChI is InChI=1S/C20H30N2O2/c1-13(2)24-17-9-6-8-15(11-17)14(3)21-20(23)19-12-16-7-4-5-10-18(16)22-19/h6,8-9,11,13-14,16,18-19,22H,4-5,7,10,12H2,1-3H3,(H,21,23). The second-order valence-corrected chi connectivity index (χ2v) is 7.58. The van der Waals surface area contributed by atoms with Crippen LogP contribution in [0.15, 0.2) is 24.3 Å². The molecule has 4 heteroatoms.